The predicted molar refractivity (Wildman–Crippen MR) is 83.6 cm³/mol. The predicted octanol–water partition coefficient (Wildman–Crippen LogP) is 3.42. The molecule has 1 amide bonds. The van der Waals surface area contributed by atoms with Gasteiger partial charge < -0.3 is 10.1 Å². The molecule has 1 atom stereocenters. The fourth-order valence-corrected chi connectivity index (χ4v) is 3.48. The lowest BCUT2D eigenvalue weighted by Gasteiger charge is -2.27. The van der Waals surface area contributed by atoms with Gasteiger partial charge in [-0.05, 0) is 67.2 Å². The van der Waals surface area contributed by atoms with Gasteiger partial charge in [-0.2, -0.15) is 0 Å². The molecule has 0 spiro atoms. The summed E-state index contributed by atoms with van der Waals surface area (Å²) in [6.45, 7) is 0.876. The Morgan fingerprint density at radius 1 is 1.29 bits per heavy atom. The summed E-state index contributed by atoms with van der Waals surface area (Å²) in [6, 6.07) is 6.30. The summed E-state index contributed by atoms with van der Waals surface area (Å²) in [5.74, 6) is 2.25. The van der Waals surface area contributed by atoms with Crippen molar-refractivity contribution in [1.29, 1.82) is 0 Å². The lowest BCUT2D eigenvalue weighted by atomic mass is 9.80. The van der Waals surface area contributed by atoms with Gasteiger partial charge in [0.1, 0.15) is 5.75 Å². The number of methoxy groups -OCH3 is 1. The Balaban J connectivity index is 1.60. The Morgan fingerprint density at radius 2 is 2.14 bits per heavy atom. The van der Waals surface area contributed by atoms with Crippen molar-refractivity contribution in [3.63, 3.8) is 0 Å². The quantitative estimate of drug-likeness (QED) is 0.901. The zero-order valence-electron chi connectivity index (χ0n) is 12.9. The summed E-state index contributed by atoms with van der Waals surface area (Å²) in [6.07, 6.45) is 7.92. The second-order valence-corrected chi connectivity index (χ2v) is 6.46. The standard InChI is InChI=1S/C18H25NO2/c1-21-16-8-9-17-14(10-16)6-3-7-15(17)11-18(20)19-12-13-4-2-5-13/h8-10,13,15H,2-7,11-12H2,1H3,(H,19,20). The van der Waals surface area contributed by atoms with Crippen molar-refractivity contribution in [2.75, 3.05) is 13.7 Å². The third kappa shape index (κ3) is 3.39. The molecule has 2 aliphatic rings. The van der Waals surface area contributed by atoms with E-state index in [1.54, 1.807) is 7.11 Å². The molecule has 0 aromatic heterocycles. The van der Waals surface area contributed by atoms with Crippen LogP contribution in [0.4, 0.5) is 0 Å². The molecule has 0 saturated heterocycles. The van der Waals surface area contributed by atoms with Crippen LogP contribution in [0.5, 0.6) is 5.75 Å². The Hall–Kier alpha value is -1.51. The van der Waals surface area contributed by atoms with Gasteiger partial charge in [0.25, 0.3) is 0 Å². The molecule has 3 heteroatoms. The van der Waals surface area contributed by atoms with Crippen LogP contribution in [0.25, 0.3) is 0 Å². The third-order valence-electron chi connectivity index (χ3n) is 5.03. The van der Waals surface area contributed by atoms with Gasteiger partial charge >= 0.3 is 0 Å². The molecular formula is C18H25NO2. The minimum atomic E-state index is 0.218. The molecule has 1 aromatic carbocycles. The highest BCUT2D eigenvalue weighted by atomic mass is 16.5. The van der Waals surface area contributed by atoms with Crippen LogP contribution in [0.1, 0.15) is 55.6 Å². The maximum Gasteiger partial charge on any atom is 0.220 e. The highest BCUT2D eigenvalue weighted by Crippen LogP contribution is 2.35. The maximum atomic E-state index is 12.2. The van der Waals surface area contributed by atoms with Gasteiger partial charge in [0, 0.05) is 13.0 Å². The van der Waals surface area contributed by atoms with E-state index in [1.165, 1.54) is 36.8 Å². The van der Waals surface area contributed by atoms with E-state index in [0.29, 0.717) is 12.3 Å². The Kier molecular flexibility index (Phi) is 4.47. The molecule has 2 aliphatic carbocycles. The molecule has 1 unspecified atom stereocenters. The molecule has 114 valence electrons. The van der Waals surface area contributed by atoms with Gasteiger partial charge in [0.2, 0.25) is 5.91 Å². The molecule has 1 N–H and O–H groups in total. The van der Waals surface area contributed by atoms with Crippen LogP contribution < -0.4 is 10.1 Å². The summed E-state index contributed by atoms with van der Waals surface area (Å²) >= 11 is 0. The lowest BCUT2D eigenvalue weighted by molar-refractivity contribution is -0.121. The summed E-state index contributed by atoms with van der Waals surface area (Å²) in [5.41, 5.74) is 2.71. The number of rotatable bonds is 5. The van der Waals surface area contributed by atoms with Crippen molar-refractivity contribution >= 4 is 5.91 Å². The van der Waals surface area contributed by atoms with E-state index in [-0.39, 0.29) is 5.91 Å². The minimum Gasteiger partial charge on any atom is -0.497 e. The fraction of sp³-hybridized carbons (Fsp3) is 0.611. The molecule has 21 heavy (non-hydrogen) atoms. The maximum absolute atomic E-state index is 12.2. The topological polar surface area (TPSA) is 38.3 Å². The van der Waals surface area contributed by atoms with E-state index >= 15 is 0 Å². The summed E-state index contributed by atoms with van der Waals surface area (Å²) in [7, 11) is 1.70. The largest absolute Gasteiger partial charge is 0.497 e. The molecular weight excluding hydrogens is 262 g/mol. The first kappa shape index (κ1) is 14.4. The Bertz CT molecular complexity index is 508. The van der Waals surface area contributed by atoms with E-state index < -0.39 is 0 Å². The highest BCUT2D eigenvalue weighted by molar-refractivity contribution is 5.77. The number of amides is 1. The van der Waals surface area contributed by atoms with E-state index in [4.69, 9.17) is 4.74 Å². The van der Waals surface area contributed by atoms with E-state index in [0.717, 1.165) is 31.1 Å². The molecule has 0 heterocycles. The van der Waals surface area contributed by atoms with Crippen LogP contribution in [-0.4, -0.2) is 19.6 Å². The van der Waals surface area contributed by atoms with E-state index in [9.17, 15) is 4.79 Å². The summed E-state index contributed by atoms with van der Waals surface area (Å²) in [5, 5.41) is 3.12. The Labute approximate surface area is 127 Å². The van der Waals surface area contributed by atoms with Crippen molar-refractivity contribution in [2.24, 2.45) is 5.92 Å². The molecule has 1 fully saturated rings. The van der Waals surface area contributed by atoms with Gasteiger partial charge in [-0.3, -0.25) is 4.79 Å². The average molecular weight is 287 g/mol. The number of ether oxygens (including phenoxy) is 1. The fourth-order valence-electron chi connectivity index (χ4n) is 3.48. The van der Waals surface area contributed by atoms with Crippen molar-refractivity contribution in [3.8, 4) is 5.75 Å². The second kappa shape index (κ2) is 6.50. The number of hydrogen-bond donors (Lipinski definition) is 1. The monoisotopic (exact) mass is 287 g/mol. The van der Waals surface area contributed by atoms with Crippen LogP contribution in [0.2, 0.25) is 0 Å². The number of benzene rings is 1. The molecule has 0 aliphatic heterocycles. The zero-order chi connectivity index (χ0) is 14.7. The number of carbonyl (C=O) groups excluding carboxylic acids is 1. The minimum absolute atomic E-state index is 0.218. The second-order valence-electron chi connectivity index (χ2n) is 6.46. The number of hydrogen-bond acceptors (Lipinski definition) is 2. The molecule has 3 rings (SSSR count). The molecule has 3 nitrogen and oxygen atoms in total. The summed E-state index contributed by atoms with van der Waals surface area (Å²) < 4.78 is 5.30. The van der Waals surface area contributed by atoms with Crippen LogP contribution in [0.15, 0.2) is 18.2 Å². The van der Waals surface area contributed by atoms with Gasteiger partial charge in [-0.25, -0.2) is 0 Å². The zero-order valence-corrected chi connectivity index (χ0v) is 12.9. The molecule has 1 aromatic rings. The van der Waals surface area contributed by atoms with Gasteiger partial charge in [0.05, 0.1) is 7.11 Å². The summed E-state index contributed by atoms with van der Waals surface area (Å²) in [4.78, 5) is 12.2. The van der Waals surface area contributed by atoms with Crippen molar-refractivity contribution < 1.29 is 9.53 Å². The third-order valence-corrected chi connectivity index (χ3v) is 5.03. The van der Waals surface area contributed by atoms with Crippen LogP contribution >= 0.6 is 0 Å². The van der Waals surface area contributed by atoms with Gasteiger partial charge in [-0.15, -0.1) is 0 Å². The molecule has 0 radical (unpaired) electrons. The van der Waals surface area contributed by atoms with Crippen LogP contribution in [0.3, 0.4) is 0 Å². The van der Waals surface area contributed by atoms with Gasteiger partial charge in [0.15, 0.2) is 0 Å². The van der Waals surface area contributed by atoms with Crippen LogP contribution in [0, 0.1) is 5.92 Å². The van der Waals surface area contributed by atoms with Crippen LogP contribution in [-0.2, 0) is 11.2 Å². The first-order chi connectivity index (χ1) is 10.3. The number of carbonyl (C=O) groups is 1. The van der Waals surface area contributed by atoms with Crippen molar-refractivity contribution in [2.45, 2.75) is 50.9 Å². The molecule has 0 bridgehead atoms. The Morgan fingerprint density at radius 3 is 2.86 bits per heavy atom. The van der Waals surface area contributed by atoms with Gasteiger partial charge in [-0.1, -0.05) is 12.5 Å². The van der Waals surface area contributed by atoms with E-state index in [1.807, 2.05) is 6.07 Å². The molecule has 1 saturated carbocycles. The normalized spacial score (nSPS) is 21.3. The first-order valence-electron chi connectivity index (χ1n) is 8.20. The first-order valence-corrected chi connectivity index (χ1v) is 8.20. The number of nitrogens with one attached hydrogen (secondary N) is 1. The highest BCUT2D eigenvalue weighted by Gasteiger charge is 2.24. The van der Waals surface area contributed by atoms with E-state index in [2.05, 4.69) is 17.4 Å². The average Bonchev–Trinajstić information content (AvgIpc) is 2.45. The smallest absolute Gasteiger partial charge is 0.220 e. The lowest BCUT2D eigenvalue weighted by Crippen LogP contribution is -2.33. The SMILES string of the molecule is COc1ccc2c(c1)CCCC2CC(=O)NCC1CCC1. The number of fused-ring (bicyclic) bond motifs is 1. The van der Waals surface area contributed by atoms with Crippen molar-refractivity contribution in [1.82, 2.24) is 5.32 Å². The number of aryl methyl sites for hydroxylation is 1. The van der Waals surface area contributed by atoms with Crippen molar-refractivity contribution in [3.05, 3.63) is 29.3 Å².